The third kappa shape index (κ3) is 3.41. The Kier molecular flexibility index (Phi) is 4.75. The molecule has 2 atom stereocenters. The number of aryl methyl sites for hydroxylation is 1. The van der Waals surface area contributed by atoms with Crippen molar-refractivity contribution in [3.8, 4) is 0 Å². The van der Waals surface area contributed by atoms with Crippen molar-refractivity contribution in [1.29, 1.82) is 0 Å². The summed E-state index contributed by atoms with van der Waals surface area (Å²) in [5.41, 5.74) is 0.891. The third-order valence-corrected chi connectivity index (χ3v) is 4.10. The molecule has 0 aliphatic heterocycles. The van der Waals surface area contributed by atoms with Crippen molar-refractivity contribution < 1.29 is 19.6 Å². The van der Waals surface area contributed by atoms with E-state index in [4.69, 9.17) is 0 Å². The van der Waals surface area contributed by atoms with Crippen molar-refractivity contribution in [3.63, 3.8) is 0 Å². The number of rotatable bonds is 4. The SMILES string of the molecule is Cc1ccc([N+](=O)[O-])cc1NC(=O)[C@@H]1CCCC[C@@H]1C(=O)[O-]. The molecule has 1 N–H and O–H groups in total. The number of benzene rings is 1. The predicted molar refractivity (Wildman–Crippen MR) is 76.9 cm³/mol. The number of nitro groups is 1. The van der Waals surface area contributed by atoms with Gasteiger partial charge < -0.3 is 15.2 Å². The van der Waals surface area contributed by atoms with E-state index in [1.807, 2.05) is 0 Å². The third-order valence-electron chi connectivity index (χ3n) is 4.10. The van der Waals surface area contributed by atoms with Crippen molar-refractivity contribution in [1.82, 2.24) is 0 Å². The van der Waals surface area contributed by atoms with Crippen LogP contribution in [-0.2, 0) is 9.59 Å². The quantitative estimate of drug-likeness (QED) is 0.667. The number of amides is 1. The molecule has 0 saturated heterocycles. The van der Waals surface area contributed by atoms with Gasteiger partial charge in [0.2, 0.25) is 5.91 Å². The number of anilines is 1. The van der Waals surface area contributed by atoms with Gasteiger partial charge >= 0.3 is 0 Å². The summed E-state index contributed by atoms with van der Waals surface area (Å²) in [4.78, 5) is 33.8. The van der Waals surface area contributed by atoms with Gasteiger partial charge in [0, 0.05) is 29.9 Å². The number of carbonyl (C=O) groups is 2. The van der Waals surface area contributed by atoms with Crippen LogP contribution in [0, 0.1) is 28.9 Å². The number of aliphatic carboxylic acids is 1. The standard InChI is InChI=1S/C15H18N2O5/c1-9-6-7-10(17(21)22)8-13(9)16-14(18)11-4-2-3-5-12(11)15(19)20/h6-8,11-12H,2-5H2,1H3,(H,16,18)(H,19,20)/p-1/t11-,12+/m1/s1. The van der Waals surface area contributed by atoms with Gasteiger partial charge in [-0.15, -0.1) is 0 Å². The second kappa shape index (κ2) is 6.55. The molecule has 2 rings (SSSR count). The smallest absolute Gasteiger partial charge is 0.271 e. The summed E-state index contributed by atoms with van der Waals surface area (Å²) in [6, 6.07) is 4.19. The van der Waals surface area contributed by atoms with E-state index >= 15 is 0 Å². The average Bonchev–Trinajstić information content (AvgIpc) is 2.49. The molecule has 1 aromatic rings. The van der Waals surface area contributed by atoms with Crippen molar-refractivity contribution in [3.05, 3.63) is 33.9 Å². The first-order chi connectivity index (χ1) is 10.4. The molecule has 118 valence electrons. The molecule has 1 amide bonds. The van der Waals surface area contributed by atoms with Crippen LogP contribution in [0.3, 0.4) is 0 Å². The van der Waals surface area contributed by atoms with Gasteiger partial charge in [0.1, 0.15) is 0 Å². The molecule has 7 nitrogen and oxygen atoms in total. The van der Waals surface area contributed by atoms with Crippen molar-refractivity contribution in [2.45, 2.75) is 32.6 Å². The maximum absolute atomic E-state index is 12.3. The molecule has 0 spiro atoms. The number of nitrogens with zero attached hydrogens (tertiary/aromatic N) is 1. The van der Waals surface area contributed by atoms with Crippen LogP contribution in [0.2, 0.25) is 0 Å². The Balaban J connectivity index is 2.19. The number of hydrogen-bond acceptors (Lipinski definition) is 5. The van der Waals surface area contributed by atoms with Crippen LogP contribution in [0.25, 0.3) is 0 Å². The maximum atomic E-state index is 12.3. The zero-order valence-electron chi connectivity index (χ0n) is 12.2. The van der Waals surface area contributed by atoms with Crippen LogP contribution in [0.1, 0.15) is 31.2 Å². The van der Waals surface area contributed by atoms with Crippen LogP contribution in [-0.4, -0.2) is 16.8 Å². The Morgan fingerprint density at radius 2 is 1.86 bits per heavy atom. The van der Waals surface area contributed by atoms with E-state index in [-0.39, 0.29) is 5.69 Å². The van der Waals surface area contributed by atoms with E-state index < -0.39 is 28.6 Å². The number of nitro benzene ring substituents is 1. The lowest BCUT2D eigenvalue weighted by Gasteiger charge is -2.31. The molecule has 0 unspecified atom stereocenters. The number of non-ortho nitro benzene ring substituents is 1. The van der Waals surface area contributed by atoms with Gasteiger partial charge in [-0.3, -0.25) is 14.9 Å². The van der Waals surface area contributed by atoms with Gasteiger partial charge in [-0.05, 0) is 25.3 Å². The Hall–Kier alpha value is -2.44. The summed E-state index contributed by atoms with van der Waals surface area (Å²) in [7, 11) is 0. The van der Waals surface area contributed by atoms with Crippen molar-refractivity contribution in [2.75, 3.05) is 5.32 Å². The number of nitrogens with one attached hydrogen (secondary N) is 1. The fourth-order valence-electron chi connectivity index (χ4n) is 2.81. The Labute approximate surface area is 127 Å². The molecule has 7 heteroatoms. The molecule has 1 saturated carbocycles. The molecule has 1 aromatic carbocycles. The van der Waals surface area contributed by atoms with E-state index in [0.29, 0.717) is 24.1 Å². The second-order valence-corrected chi connectivity index (χ2v) is 5.56. The highest BCUT2D eigenvalue weighted by atomic mass is 16.6. The van der Waals surface area contributed by atoms with Crippen LogP contribution < -0.4 is 10.4 Å². The number of carbonyl (C=O) groups excluding carboxylic acids is 2. The zero-order chi connectivity index (χ0) is 16.3. The normalized spacial score (nSPS) is 21.1. The second-order valence-electron chi connectivity index (χ2n) is 5.56. The lowest BCUT2D eigenvalue weighted by atomic mass is 9.78. The zero-order valence-corrected chi connectivity index (χ0v) is 12.2. The highest BCUT2D eigenvalue weighted by Gasteiger charge is 2.32. The molecule has 1 aliphatic rings. The van der Waals surface area contributed by atoms with Crippen LogP contribution in [0.5, 0.6) is 0 Å². The summed E-state index contributed by atoms with van der Waals surface area (Å²) in [6.07, 6.45) is 2.46. The average molecular weight is 305 g/mol. The van der Waals surface area contributed by atoms with E-state index in [0.717, 1.165) is 12.8 Å². The fourth-order valence-corrected chi connectivity index (χ4v) is 2.81. The van der Waals surface area contributed by atoms with Gasteiger partial charge in [-0.2, -0.15) is 0 Å². The van der Waals surface area contributed by atoms with Gasteiger partial charge in [0.25, 0.3) is 5.69 Å². The molecular formula is C15H17N2O5-. The van der Waals surface area contributed by atoms with Crippen LogP contribution >= 0.6 is 0 Å². The summed E-state index contributed by atoms with van der Waals surface area (Å²) < 4.78 is 0. The van der Waals surface area contributed by atoms with Crippen LogP contribution in [0.4, 0.5) is 11.4 Å². The van der Waals surface area contributed by atoms with E-state index in [2.05, 4.69) is 5.32 Å². The van der Waals surface area contributed by atoms with E-state index in [1.54, 1.807) is 13.0 Å². The summed E-state index contributed by atoms with van der Waals surface area (Å²) in [6.45, 7) is 1.72. The topological polar surface area (TPSA) is 112 Å². The van der Waals surface area contributed by atoms with Gasteiger partial charge in [0.05, 0.1) is 10.6 Å². The number of hydrogen-bond donors (Lipinski definition) is 1. The molecule has 0 radical (unpaired) electrons. The molecule has 0 aromatic heterocycles. The lowest BCUT2D eigenvalue weighted by molar-refractivity contribution is -0.384. The first kappa shape index (κ1) is 15.9. The Morgan fingerprint density at radius 1 is 1.23 bits per heavy atom. The minimum absolute atomic E-state index is 0.124. The Morgan fingerprint density at radius 3 is 2.45 bits per heavy atom. The fraction of sp³-hybridized carbons (Fsp3) is 0.467. The first-order valence-corrected chi connectivity index (χ1v) is 7.17. The summed E-state index contributed by atoms with van der Waals surface area (Å²) in [5.74, 6) is -3.08. The lowest BCUT2D eigenvalue weighted by Crippen LogP contribution is -2.42. The molecule has 22 heavy (non-hydrogen) atoms. The Bertz CT molecular complexity index is 614. The molecular weight excluding hydrogens is 288 g/mol. The highest BCUT2D eigenvalue weighted by Crippen LogP contribution is 2.31. The number of carboxylic acids is 1. The maximum Gasteiger partial charge on any atom is 0.271 e. The monoisotopic (exact) mass is 305 g/mol. The minimum atomic E-state index is -1.21. The molecule has 1 fully saturated rings. The highest BCUT2D eigenvalue weighted by molar-refractivity contribution is 5.95. The van der Waals surface area contributed by atoms with Gasteiger partial charge in [-0.1, -0.05) is 18.9 Å². The molecule has 0 heterocycles. The van der Waals surface area contributed by atoms with Crippen molar-refractivity contribution in [2.24, 2.45) is 11.8 Å². The van der Waals surface area contributed by atoms with Gasteiger partial charge in [0.15, 0.2) is 0 Å². The van der Waals surface area contributed by atoms with E-state index in [9.17, 15) is 24.8 Å². The number of carboxylic acid groups (broad SMARTS) is 1. The summed E-state index contributed by atoms with van der Waals surface area (Å²) >= 11 is 0. The largest absolute Gasteiger partial charge is 0.550 e. The van der Waals surface area contributed by atoms with E-state index in [1.165, 1.54) is 12.1 Å². The summed E-state index contributed by atoms with van der Waals surface area (Å²) in [5, 5.41) is 24.6. The van der Waals surface area contributed by atoms with Gasteiger partial charge in [-0.25, -0.2) is 0 Å². The van der Waals surface area contributed by atoms with Crippen LogP contribution in [0.15, 0.2) is 18.2 Å². The van der Waals surface area contributed by atoms with Crippen molar-refractivity contribution >= 4 is 23.3 Å². The molecule has 0 bridgehead atoms. The predicted octanol–water partition coefficient (Wildman–Crippen LogP) is 1.40. The molecule has 1 aliphatic carbocycles. The first-order valence-electron chi connectivity index (χ1n) is 7.17. The minimum Gasteiger partial charge on any atom is -0.550 e.